The van der Waals surface area contributed by atoms with Crippen LogP contribution in [0, 0.1) is 0 Å². The number of nitrogens with zero attached hydrogens (tertiary/aromatic N) is 1. The van der Waals surface area contributed by atoms with E-state index in [9.17, 15) is 15.0 Å². The predicted octanol–water partition coefficient (Wildman–Crippen LogP) is 1.85. The summed E-state index contributed by atoms with van der Waals surface area (Å²) in [6.45, 7) is 1.59. The zero-order valence-corrected chi connectivity index (χ0v) is 15.6. The maximum absolute atomic E-state index is 12.6. The van der Waals surface area contributed by atoms with Crippen LogP contribution in [-0.2, 0) is 6.42 Å². The molecule has 0 aromatic heterocycles. The van der Waals surface area contributed by atoms with E-state index in [-0.39, 0.29) is 19.0 Å². The topological polar surface area (TPSA) is 72.8 Å². The van der Waals surface area contributed by atoms with E-state index in [1.165, 1.54) is 5.56 Å². The van der Waals surface area contributed by atoms with Gasteiger partial charge in [-0.2, -0.15) is 0 Å². The second-order valence-electron chi connectivity index (χ2n) is 7.27. The van der Waals surface area contributed by atoms with Gasteiger partial charge in [-0.25, -0.2) is 0 Å². The number of piperidine rings is 1. The van der Waals surface area contributed by atoms with Crippen LogP contribution in [0.5, 0.6) is 0 Å². The zero-order chi connectivity index (χ0) is 19.1. The molecule has 27 heavy (non-hydrogen) atoms. The van der Waals surface area contributed by atoms with Crippen LogP contribution in [0.1, 0.15) is 28.8 Å². The minimum atomic E-state index is -1.32. The van der Waals surface area contributed by atoms with E-state index >= 15 is 0 Å². The Morgan fingerprint density at radius 3 is 2.48 bits per heavy atom. The molecule has 0 radical (unpaired) electrons. The Kier molecular flexibility index (Phi) is 6.61. The number of hydrogen-bond acceptors (Lipinski definition) is 4. The van der Waals surface area contributed by atoms with Crippen molar-refractivity contribution in [3.8, 4) is 0 Å². The van der Waals surface area contributed by atoms with Crippen molar-refractivity contribution >= 4 is 5.91 Å². The number of aryl methyl sites for hydroxylation is 1. The van der Waals surface area contributed by atoms with E-state index < -0.39 is 11.7 Å². The van der Waals surface area contributed by atoms with Gasteiger partial charge < -0.3 is 20.4 Å². The number of benzene rings is 2. The lowest BCUT2D eigenvalue weighted by Crippen LogP contribution is -2.62. The largest absolute Gasteiger partial charge is 0.390 e. The van der Waals surface area contributed by atoms with Crippen LogP contribution in [0.25, 0.3) is 0 Å². The third kappa shape index (κ3) is 5.16. The van der Waals surface area contributed by atoms with Crippen molar-refractivity contribution in [2.24, 2.45) is 0 Å². The lowest BCUT2D eigenvalue weighted by Gasteiger charge is -2.42. The molecule has 1 saturated heterocycles. The Balaban J connectivity index is 1.49. The third-order valence-electron chi connectivity index (χ3n) is 5.16. The van der Waals surface area contributed by atoms with Crippen LogP contribution in [0.2, 0.25) is 0 Å². The van der Waals surface area contributed by atoms with Gasteiger partial charge in [0, 0.05) is 18.7 Å². The summed E-state index contributed by atoms with van der Waals surface area (Å²) in [6.07, 6.45) is 1.45. The Bertz CT molecular complexity index is 723. The van der Waals surface area contributed by atoms with Crippen LogP contribution in [0.4, 0.5) is 0 Å². The minimum absolute atomic E-state index is 0.106. The van der Waals surface area contributed by atoms with Gasteiger partial charge in [-0.1, -0.05) is 48.5 Å². The minimum Gasteiger partial charge on any atom is -0.390 e. The number of amides is 1. The summed E-state index contributed by atoms with van der Waals surface area (Å²) in [7, 11) is 0. The van der Waals surface area contributed by atoms with Gasteiger partial charge in [0.15, 0.2) is 0 Å². The number of carbonyl (C=O) groups is 1. The average Bonchev–Trinajstić information content (AvgIpc) is 2.71. The van der Waals surface area contributed by atoms with Crippen molar-refractivity contribution in [1.82, 2.24) is 10.2 Å². The number of rotatable bonds is 7. The number of carbonyl (C=O) groups excluding carboxylic acids is 1. The van der Waals surface area contributed by atoms with Gasteiger partial charge in [0.1, 0.15) is 5.60 Å². The first kappa shape index (κ1) is 19.5. The molecule has 3 rings (SSSR count). The first-order chi connectivity index (χ1) is 13.1. The summed E-state index contributed by atoms with van der Waals surface area (Å²) in [6, 6.07) is 19.3. The predicted molar refractivity (Wildman–Crippen MR) is 106 cm³/mol. The van der Waals surface area contributed by atoms with Crippen molar-refractivity contribution in [3.63, 3.8) is 0 Å². The highest BCUT2D eigenvalue weighted by atomic mass is 16.3. The SMILES string of the molecule is O=C(c1ccccc1)N1CC[C@H](O)[C@@](O)(CNCCCc2ccccc2)C1. The molecule has 1 heterocycles. The smallest absolute Gasteiger partial charge is 0.253 e. The summed E-state index contributed by atoms with van der Waals surface area (Å²) >= 11 is 0. The van der Waals surface area contributed by atoms with Crippen LogP contribution in [-0.4, -0.2) is 58.9 Å². The standard InChI is InChI=1S/C22H28N2O3/c25-20-13-15-24(21(26)19-11-5-2-6-12-19)17-22(20,27)16-23-14-7-10-18-8-3-1-4-9-18/h1-6,8-9,11-12,20,23,25,27H,7,10,13-17H2/t20-,22+/m0/s1. The van der Waals surface area contributed by atoms with E-state index in [0.29, 0.717) is 18.5 Å². The van der Waals surface area contributed by atoms with Gasteiger partial charge in [0.2, 0.25) is 0 Å². The fourth-order valence-corrected chi connectivity index (χ4v) is 3.54. The molecule has 144 valence electrons. The summed E-state index contributed by atoms with van der Waals surface area (Å²) < 4.78 is 0. The highest BCUT2D eigenvalue weighted by Crippen LogP contribution is 2.23. The van der Waals surface area contributed by atoms with Crippen LogP contribution < -0.4 is 5.32 Å². The van der Waals surface area contributed by atoms with Gasteiger partial charge in [-0.15, -0.1) is 0 Å². The molecule has 2 atom stereocenters. The molecule has 0 unspecified atom stereocenters. The quantitative estimate of drug-likeness (QED) is 0.652. The Labute approximate surface area is 160 Å². The second kappa shape index (κ2) is 9.13. The molecule has 1 fully saturated rings. The molecule has 3 N–H and O–H groups in total. The maximum atomic E-state index is 12.6. The molecule has 0 saturated carbocycles. The Hall–Kier alpha value is -2.21. The van der Waals surface area contributed by atoms with E-state index in [4.69, 9.17) is 0 Å². The monoisotopic (exact) mass is 368 g/mol. The van der Waals surface area contributed by atoms with Crippen molar-refractivity contribution < 1.29 is 15.0 Å². The zero-order valence-electron chi connectivity index (χ0n) is 15.6. The van der Waals surface area contributed by atoms with Gasteiger partial charge in [-0.3, -0.25) is 4.79 Å². The first-order valence-electron chi connectivity index (χ1n) is 9.58. The fourth-order valence-electron chi connectivity index (χ4n) is 3.54. The molecule has 5 heteroatoms. The highest BCUT2D eigenvalue weighted by Gasteiger charge is 2.42. The van der Waals surface area contributed by atoms with Gasteiger partial charge >= 0.3 is 0 Å². The fraction of sp³-hybridized carbons (Fsp3) is 0.409. The molecule has 1 aliphatic heterocycles. The molecule has 0 bridgehead atoms. The molecule has 1 amide bonds. The molecule has 0 aliphatic carbocycles. The van der Waals surface area contributed by atoms with E-state index in [1.54, 1.807) is 17.0 Å². The van der Waals surface area contributed by atoms with Crippen LogP contribution in [0.15, 0.2) is 60.7 Å². The molecule has 0 spiro atoms. The Morgan fingerprint density at radius 2 is 1.78 bits per heavy atom. The van der Waals surface area contributed by atoms with Gasteiger partial charge in [0.25, 0.3) is 5.91 Å². The number of aliphatic hydroxyl groups is 2. The summed E-state index contributed by atoms with van der Waals surface area (Å²) in [5.41, 5.74) is 0.567. The summed E-state index contributed by atoms with van der Waals surface area (Å²) in [5, 5.41) is 24.5. The molecular formula is C22H28N2O3. The van der Waals surface area contributed by atoms with Crippen molar-refractivity contribution in [1.29, 1.82) is 0 Å². The van der Waals surface area contributed by atoms with Crippen LogP contribution in [0.3, 0.4) is 0 Å². The summed E-state index contributed by atoms with van der Waals surface area (Å²) in [5.74, 6) is -0.106. The lowest BCUT2D eigenvalue weighted by atomic mass is 9.89. The molecule has 1 aliphatic rings. The normalized spacial score (nSPS) is 22.6. The van der Waals surface area contributed by atoms with Crippen molar-refractivity contribution in [2.75, 3.05) is 26.2 Å². The molecule has 2 aromatic rings. The van der Waals surface area contributed by atoms with Gasteiger partial charge in [-0.05, 0) is 43.5 Å². The first-order valence-corrected chi connectivity index (χ1v) is 9.58. The summed E-state index contributed by atoms with van der Waals surface area (Å²) in [4.78, 5) is 14.3. The van der Waals surface area contributed by atoms with Crippen molar-refractivity contribution in [3.05, 3.63) is 71.8 Å². The van der Waals surface area contributed by atoms with Crippen LogP contribution >= 0.6 is 0 Å². The number of aliphatic hydroxyl groups excluding tert-OH is 1. The number of β-amino-alcohol motifs (C(OH)–C–C–N with tert-alkyl or cyclic N) is 1. The lowest BCUT2D eigenvalue weighted by molar-refractivity contribution is -0.111. The maximum Gasteiger partial charge on any atom is 0.253 e. The van der Waals surface area contributed by atoms with E-state index in [1.807, 2.05) is 36.4 Å². The number of hydrogen-bond donors (Lipinski definition) is 3. The number of likely N-dealkylation sites (tertiary alicyclic amines) is 1. The molecular weight excluding hydrogens is 340 g/mol. The van der Waals surface area contributed by atoms with E-state index in [2.05, 4.69) is 17.4 Å². The molecule has 5 nitrogen and oxygen atoms in total. The van der Waals surface area contributed by atoms with Gasteiger partial charge in [0.05, 0.1) is 12.6 Å². The Morgan fingerprint density at radius 1 is 1.11 bits per heavy atom. The van der Waals surface area contributed by atoms with Crippen molar-refractivity contribution in [2.45, 2.75) is 31.0 Å². The third-order valence-corrected chi connectivity index (χ3v) is 5.16. The molecule has 2 aromatic carbocycles. The highest BCUT2D eigenvalue weighted by molar-refractivity contribution is 5.94. The number of nitrogens with one attached hydrogen (secondary N) is 1. The second-order valence-corrected chi connectivity index (χ2v) is 7.27. The van der Waals surface area contributed by atoms with E-state index in [0.717, 1.165) is 19.4 Å². The average molecular weight is 368 g/mol.